The summed E-state index contributed by atoms with van der Waals surface area (Å²) in [4.78, 5) is 37.6. The first-order valence-corrected chi connectivity index (χ1v) is 12.4. The number of aliphatic hydroxyl groups is 1. The predicted molar refractivity (Wildman–Crippen MR) is 128 cm³/mol. The molecule has 0 bridgehead atoms. The van der Waals surface area contributed by atoms with E-state index in [1.54, 1.807) is 0 Å². The van der Waals surface area contributed by atoms with Crippen LogP contribution < -0.4 is 15.0 Å². The molecule has 0 spiro atoms. The van der Waals surface area contributed by atoms with Gasteiger partial charge in [0.05, 0.1) is 44.4 Å². The zero-order chi connectivity index (χ0) is 25.8. The van der Waals surface area contributed by atoms with E-state index in [9.17, 15) is 14.4 Å². The lowest BCUT2D eigenvalue weighted by molar-refractivity contribution is -0.155. The minimum atomic E-state index is -1.10. The van der Waals surface area contributed by atoms with Gasteiger partial charge in [-0.05, 0) is 27.7 Å². The number of Topliss-reactive ketones (excluding diaryl/α,β-unsaturated/α-hetero) is 1. The topological polar surface area (TPSA) is 149 Å². The van der Waals surface area contributed by atoms with Crippen LogP contribution in [0.15, 0.2) is 0 Å². The van der Waals surface area contributed by atoms with Crippen molar-refractivity contribution in [3.05, 3.63) is 0 Å². The largest absolute Gasteiger partial charge is 0.470 e. The molecule has 2 N–H and O–H groups in total. The maximum atomic E-state index is 12.4. The second kappa shape index (κ2) is 14.3. The summed E-state index contributed by atoms with van der Waals surface area (Å²) in [7, 11) is 0. The normalized spacial score (nSPS) is 15.9. The number of ketones is 1. The van der Waals surface area contributed by atoms with Gasteiger partial charge in [0, 0.05) is 31.6 Å². The molecule has 1 aliphatic rings. The Hall–Kier alpha value is -2.35. The van der Waals surface area contributed by atoms with Gasteiger partial charge in [-0.2, -0.15) is 4.37 Å². The second-order valence-corrected chi connectivity index (χ2v) is 9.69. The number of aromatic nitrogens is 2. The molecule has 1 aliphatic heterocycles. The van der Waals surface area contributed by atoms with Crippen LogP contribution in [0.1, 0.15) is 47.0 Å². The number of hydrogen-bond donors (Lipinski definition) is 2. The minimum Gasteiger partial charge on any atom is -0.470 e. The summed E-state index contributed by atoms with van der Waals surface area (Å²) in [6.07, 6.45) is -2.16. The molecular weight excluding hydrogens is 480 g/mol. The summed E-state index contributed by atoms with van der Waals surface area (Å²) < 4.78 is 30.3. The molecule has 1 aromatic heterocycles. The first-order chi connectivity index (χ1) is 16.5. The van der Waals surface area contributed by atoms with E-state index in [1.807, 2.05) is 25.7 Å². The molecule has 13 heteroatoms. The van der Waals surface area contributed by atoms with Gasteiger partial charge in [-0.1, -0.05) is 0 Å². The number of rotatable bonds is 14. The first kappa shape index (κ1) is 28.9. The van der Waals surface area contributed by atoms with Crippen LogP contribution in [0.4, 0.5) is 5.82 Å². The number of aliphatic hydroxyl groups excluding tert-OH is 1. The van der Waals surface area contributed by atoms with Crippen LogP contribution >= 0.6 is 11.7 Å². The molecule has 12 nitrogen and oxygen atoms in total. The molecule has 0 radical (unpaired) electrons. The fourth-order valence-corrected chi connectivity index (χ4v) is 3.48. The Morgan fingerprint density at radius 2 is 1.83 bits per heavy atom. The summed E-state index contributed by atoms with van der Waals surface area (Å²) in [6.45, 7) is 10.2. The van der Waals surface area contributed by atoms with Gasteiger partial charge in [0.2, 0.25) is 5.82 Å². The van der Waals surface area contributed by atoms with Gasteiger partial charge in [0.15, 0.2) is 5.78 Å². The van der Waals surface area contributed by atoms with E-state index in [-0.39, 0.29) is 38.0 Å². The molecule has 2 heterocycles. The highest BCUT2D eigenvalue weighted by Crippen LogP contribution is 2.26. The van der Waals surface area contributed by atoms with Crippen molar-refractivity contribution in [2.75, 3.05) is 51.0 Å². The number of nitrogens with zero attached hydrogens (tertiary/aromatic N) is 3. The number of esters is 2. The molecule has 0 aromatic carbocycles. The minimum absolute atomic E-state index is 0.0590. The Morgan fingerprint density at radius 1 is 1.14 bits per heavy atom. The fraction of sp³-hybridized carbons (Fsp3) is 0.773. The van der Waals surface area contributed by atoms with E-state index >= 15 is 0 Å². The average Bonchev–Trinajstić information content (AvgIpc) is 3.28. The van der Waals surface area contributed by atoms with Crippen LogP contribution in [0.25, 0.3) is 0 Å². The summed E-state index contributed by atoms with van der Waals surface area (Å²) in [5, 5.41) is 12.4. The number of hydrogen-bond acceptors (Lipinski definition) is 13. The Morgan fingerprint density at radius 3 is 2.49 bits per heavy atom. The highest BCUT2D eigenvalue weighted by Gasteiger charge is 2.24. The molecule has 0 saturated carbocycles. The second-order valence-electron chi connectivity index (χ2n) is 9.16. The lowest BCUT2D eigenvalue weighted by atomic mass is 10.1. The number of nitrogens with one attached hydrogen (secondary N) is 1. The lowest BCUT2D eigenvalue weighted by Gasteiger charge is -2.27. The number of anilines is 1. The van der Waals surface area contributed by atoms with E-state index in [0.717, 1.165) is 11.7 Å². The molecule has 1 unspecified atom stereocenters. The van der Waals surface area contributed by atoms with Gasteiger partial charge < -0.3 is 34.3 Å². The SMILES string of the molecule is CC(O)C(=O)CCOC(=O)CCC(=O)O[C@@H](CNC(C)(C)C)COc1nsnc1N1CCOCC1. The zero-order valence-corrected chi connectivity index (χ0v) is 21.6. The maximum Gasteiger partial charge on any atom is 0.306 e. The van der Waals surface area contributed by atoms with E-state index in [0.29, 0.717) is 44.5 Å². The molecule has 1 saturated heterocycles. The van der Waals surface area contributed by atoms with Crippen molar-refractivity contribution in [1.82, 2.24) is 14.1 Å². The molecule has 198 valence electrons. The lowest BCUT2D eigenvalue weighted by Crippen LogP contribution is -2.44. The van der Waals surface area contributed by atoms with E-state index in [4.69, 9.17) is 24.1 Å². The smallest absolute Gasteiger partial charge is 0.306 e. The molecule has 35 heavy (non-hydrogen) atoms. The van der Waals surface area contributed by atoms with Gasteiger partial charge in [0.1, 0.15) is 18.8 Å². The third kappa shape index (κ3) is 11.3. The highest BCUT2D eigenvalue weighted by atomic mass is 32.1. The molecule has 1 aromatic rings. The van der Waals surface area contributed by atoms with Crippen LogP contribution in [0.2, 0.25) is 0 Å². The standard InChI is InChI=1S/C22H36N4O8S/c1-15(27)17(28)7-10-32-18(29)5-6-19(30)34-16(13-23-22(2,3)4)14-33-21-20(24-35-25-21)26-8-11-31-12-9-26/h15-16,23,27H,5-14H2,1-4H3/t15?,16-/m0/s1. The third-order valence-electron chi connectivity index (χ3n) is 4.93. The van der Waals surface area contributed by atoms with Gasteiger partial charge in [-0.3, -0.25) is 14.4 Å². The predicted octanol–water partition coefficient (Wildman–Crippen LogP) is 0.717. The number of carbonyl (C=O) groups excluding carboxylic acids is 3. The van der Waals surface area contributed by atoms with Crippen molar-refractivity contribution < 1.29 is 38.4 Å². The van der Waals surface area contributed by atoms with Crippen molar-refractivity contribution in [1.29, 1.82) is 0 Å². The van der Waals surface area contributed by atoms with Gasteiger partial charge in [-0.25, -0.2) is 0 Å². The first-order valence-electron chi connectivity index (χ1n) is 11.6. The van der Waals surface area contributed by atoms with Crippen molar-refractivity contribution in [3.63, 3.8) is 0 Å². The van der Waals surface area contributed by atoms with Crippen LogP contribution in [-0.2, 0) is 28.6 Å². The van der Waals surface area contributed by atoms with Gasteiger partial charge in [0.25, 0.3) is 5.88 Å². The van der Waals surface area contributed by atoms with E-state index in [2.05, 4.69) is 14.1 Å². The van der Waals surface area contributed by atoms with Gasteiger partial charge >= 0.3 is 11.9 Å². The molecule has 0 aliphatic carbocycles. The van der Waals surface area contributed by atoms with E-state index in [1.165, 1.54) is 6.92 Å². The van der Waals surface area contributed by atoms with Crippen LogP contribution in [-0.4, -0.2) is 95.4 Å². The summed E-state index contributed by atoms with van der Waals surface area (Å²) in [5.74, 6) is -0.590. The highest BCUT2D eigenvalue weighted by molar-refractivity contribution is 6.99. The molecule has 2 rings (SSSR count). The van der Waals surface area contributed by atoms with Gasteiger partial charge in [-0.15, -0.1) is 4.37 Å². The Kier molecular flexibility index (Phi) is 11.8. The third-order valence-corrected chi connectivity index (χ3v) is 5.43. The molecule has 2 atom stereocenters. The fourth-order valence-electron chi connectivity index (χ4n) is 2.96. The summed E-state index contributed by atoms with van der Waals surface area (Å²) >= 11 is 1.05. The Balaban J connectivity index is 1.84. The molecule has 0 amide bonds. The van der Waals surface area contributed by atoms with E-state index < -0.39 is 29.9 Å². The van der Waals surface area contributed by atoms with Crippen LogP contribution in [0.3, 0.4) is 0 Å². The Bertz CT molecular complexity index is 821. The summed E-state index contributed by atoms with van der Waals surface area (Å²) in [6, 6.07) is 0. The number of ether oxygens (including phenoxy) is 4. The van der Waals surface area contributed by atoms with Crippen molar-refractivity contribution in [2.24, 2.45) is 0 Å². The Labute approximate surface area is 209 Å². The maximum absolute atomic E-state index is 12.4. The van der Waals surface area contributed by atoms with Crippen molar-refractivity contribution in [2.45, 2.75) is 64.7 Å². The molecule has 1 fully saturated rings. The van der Waals surface area contributed by atoms with Crippen LogP contribution in [0.5, 0.6) is 5.88 Å². The van der Waals surface area contributed by atoms with Crippen LogP contribution in [0, 0.1) is 0 Å². The average molecular weight is 517 g/mol. The monoisotopic (exact) mass is 516 g/mol. The summed E-state index contributed by atoms with van der Waals surface area (Å²) in [5.41, 5.74) is -0.209. The quantitative estimate of drug-likeness (QED) is 0.335. The zero-order valence-electron chi connectivity index (χ0n) is 20.8. The molecular formula is C22H36N4O8S. The van der Waals surface area contributed by atoms with Crippen molar-refractivity contribution >= 4 is 35.3 Å². The number of carbonyl (C=O) groups is 3. The van der Waals surface area contributed by atoms with Crippen molar-refractivity contribution in [3.8, 4) is 5.88 Å². The number of morpholine rings is 1.